The van der Waals surface area contributed by atoms with Gasteiger partial charge >= 0.3 is 0 Å². The van der Waals surface area contributed by atoms with Crippen molar-refractivity contribution in [1.29, 1.82) is 0 Å². The Morgan fingerprint density at radius 2 is 1.58 bits per heavy atom. The number of hydrogen-bond acceptors (Lipinski definition) is 6. The van der Waals surface area contributed by atoms with Crippen LogP contribution in [0.25, 0.3) is 0 Å². The van der Waals surface area contributed by atoms with Gasteiger partial charge in [-0.15, -0.1) is 0 Å². The van der Waals surface area contributed by atoms with Gasteiger partial charge in [0.25, 0.3) is 5.91 Å². The van der Waals surface area contributed by atoms with E-state index in [4.69, 9.17) is 9.47 Å². The number of amides is 3. The quantitative estimate of drug-likeness (QED) is 0.550. The lowest BCUT2D eigenvalue weighted by molar-refractivity contribution is -0.128. The van der Waals surface area contributed by atoms with Crippen molar-refractivity contribution in [1.82, 2.24) is 15.8 Å². The van der Waals surface area contributed by atoms with Gasteiger partial charge in [-0.1, -0.05) is 0 Å². The average Bonchev–Trinajstić information content (AvgIpc) is 2.55. The summed E-state index contributed by atoms with van der Waals surface area (Å²) >= 11 is 0. The molecule has 9 nitrogen and oxygen atoms in total. The van der Waals surface area contributed by atoms with Gasteiger partial charge in [0.2, 0.25) is 11.8 Å². The van der Waals surface area contributed by atoms with E-state index in [1.807, 2.05) is 13.8 Å². The highest BCUT2D eigenvalue weighted by Gasteiger charge is 2.12. The maximum absolute atomic E-state index is 12.1. The third-order valence-corrected chi connectivity index (χ3v) is 3.03. The van der Waals surface area contributed by atoms with Crippen LogP contribution in [0.1, 0.15) is 20.8 Å². The van der Waals surface area contributed by atoms with Gasteiger partial charge in [0.05, 0.1) is 26.3 Å². The molecule has 0 aromatic heterocycles. The van der Waals surface area contributed by atoms with E-state index in [0.717, 1.165) is 0 Å². The van der Waals surface area contributed by atoms with Crippen LogP contribution in [-0.2, 0) is 14.4 Å². The van der Waals surface area contributed by atoms with Crippen LogP contribution in [0.15, 0.2) is 18.2 Å². The van der Waals surface area contributed by atoms with E-state index in [1.54, 1.807) is 25.2 Å². The molecule has 0 fully saturated rings. The van der Waals surface area contributed by atoms with Crippen LogP contribution in [0.3, 0.4) is 0 Å². The van der Waals surface area contributed by atoms with E-state index >= 15 is 0 Å². The molecule has 0 aliphatic rings. The normalized spacial score (nSPS) is 10.2. The molecule has 0 aliphatic heterocycles. The van der Waals surface area contributed by atoms with Gasteiger partial charge in [-0.25, -0.2) is 0 Å². The van der Waals surface area contributed by atoms with Crippen molar-refractivity contribution in [2.75, 3.05) is 38.7 Å². The first kappa shape index (κ1) is 21.2. The summed E-state index contributed by atoms with van der Waals surface area (Å²) in [7, 11) is 1.62. The van der Waals surface area contributed by atoms with Gasteiger partial charge in [-0.05, 0) is 33.0 Å². The molecule has 3 amide bonds. The predicted molar refractivity (Wildman–Crippen MR) is 96.9 cm³/mol. The monoisotopic (exact) mass is 366 g/mol. The second-order valence-electron chi connectivity index (χ2n) is 5.48. The minimum absolute atomic E-state index is 0.00463. The van der Waals surface area contributed by atoms with Crippen LogP contribution < -0.4 is 25.6 Å². The number of hydrogen-bond donors (Lipinski definition) is 3. The van der Waals surface area contributed by atoms with Crippen LogP contribution in [0.4, 0.5) is 5.69 Å². The highest BCUT2D eigenvalue weighted by molar-refractivity contribution is 5.93. The highest BCUT2D eigenvalue weighted by Crippen LogP contribution is 2.30. The van der Waals surface area contributed by atoms with Crippen LogP contribution in [-0.4, -0.2) is 56.0 Å². The molecular formula is C17H26N4O5. The fourth-order valence-corrected chi connectivity index (χ4v) is 2.07. The SMILES string of the molecule is CCOc1ccc(NC(=O)CN(C)CC(=O)NNC(C)=O)cc1OCC. The minimum Gasteiger partial charge on any atom is -0.490 e. The molecule has 0 spiro atoms. The molecule has 26 heavy (non-hydrogen) atoms. The Labute approximate surface area is 153 Å². The Morgan fingerprint density at radius 1 is 0.962 bits per heavy atom. The maximum Gasteiger partial charge on any atom is 0.252 e. The number of carbonyl (C=O) groups excluding carboxylic acids is 3. The molecule has 1 rings (SSSR count). The van der Waals surface area contributed by atoms with E-state index in [-0.39, 0.29) is 24.9 Å². The molecule has 9 heteroatoms. The van der Waals surface area contributed by atoms with Crippen LogP contribution >= 0.6 is 0 Å². The topological polar surface area (TPSA) is 109 Å². The van der Waals surface area contributed by atoms with Gasteiger partial charge in [-0.3, -0.25) is 30.1 Å². The number of benzene rings is 1. The van der Waals surface area contributed by atoms with Crippen molar-refractivity contribution in [3.05, 3.63) is 18.2 Å². The Balaban J connectivity index is 2.57. The Hall–Kier alpha value is -2.81. The predicted octanol–water partition coefficient (Wildman–Crippen LogP) is 0.522. The summed E-state index contributed by atoms with van der Waals surface area (Å²) in [5.74, 6) is 0.0790. The summed E-state index contributed by atoms with van der Waals surface area (Å²) in [6.45, 7) is 5.97. The standard InChI is InChI=1S/C17H26N4O5/c1-5-25-14-8-7-13(9-15(14)26-6-2)18-16(23)10-21(4)11-17(24)20-19-12(3)22/h7-9H,5-6,10-11H2,1-4H3,(H,18,23)(H,19,22)(H,20,24). The smallest absolute Gasteiger partial charge is 0.252 e. The van der Waals surface area contributed by atoms with Crippen molar-refractivity contribution < 1.29 is 23.9 Å². The number of nitrogens with zero attached hydrogens (tertiary/aromatic N) is 1. The molecule has 0 atom stereocenters. The van der Waals surface area contributed by atoms with E-state index in [2.05, 4.69) is 16.2 Å². The van der Waals surface area contributed by atoms with Gasteiger partial charge in [0.1, 0.15) is 0 Å². The van der Waals surface area contributed by atoms with Crippen molar-refractivity contribution >= 4 is 23.4 Å². The van der Waals surface area contributed by atoms with Crippen molar-refractivity contribution in [2.45, 2.75) is 20.8 Å². The fraction of sp³-hybridized carbons (Fsp3) is 0.471. The third kappa shape index (κ3) is 7.84. The zero-order chi connectivity index (χ0) is 19.5. The molecular weight excluding hydrogens is 340 g/mol. The number of likely N-dealkylation sites (N-methyl/N-ethyl adjacent to an activating group) is 1. The molecule has 144 valence electrons. The van der Waals surface area contributed by atoms with E-state index < -0.39 is 5.91 Å². The number of rotatable bonds is 9. The lowest BCUT2D eigenvalue weighted by atomic mass is 10.2. The van der Waals surface area contributed by atoms with Crippen molar-refractivity contribution in [2.24, 2.45) is 0 Å². The number of carbonyl (C=O) groups is 3. The number of anilines is 1. The first-order chi connectivity index (χ1) is 12.3. The summed E-state index contributed by atoms with van der Waals surface area (Å²) in [4.78, 5) is 36.0. The molecule has 3 N–H and O–H groups in total. The largest absolute Gasteiger partial charge is 0.490 e. The lowest BCUT2D eigenvalue weighted by Crippen LogP contribution is -2.46. The Morgan fingerprint density at radius 3 is 2.19 bits per heavy atom. The van der Waals surface area contributed by atoms with Gasteiger partial charge in [-0.2, -0.15) is 0 Å². The average molecular weight is 366 g/mol. The zero-order valence-electron chi connectivity index (χ0n) is 15.5. The molecule has 1 aromatic carbocycles. The number of nitrogens with one attached hydrogen (secondary N) is 3. The second kappa shape index (κ2) is 10.9. The summed E-state index contributed by atoms with van der Waals surface area (Å²) in [5.41, 5.74) is 4.99. The van der Waals surface area contributed by atoms with Crippen LogP contribution in [0.2, 0.25) is 0 Å². The molecule has 0 unspecified atom stereocenters. The molecule has 0 saturated carbocycles. The first-order valence-corrected chi connectivity index (χ1v) is 8.29. The molecule has 0 radical (unpaired) electrons. The maximum atomic E-state index is 12.1. The zero-order valence-corrected chi connectivity index (χ0v) is 15.5. The van der Waals surface area contributed by atoms with Crippen molar-refractivity contribution in [3.8, 4) is 11.5 Å². The Kier molecular flexibility index (Phi) is 8.93. The highest BCUT2D eigenvalue weighted by atomic mass is 16.5. The minimum atomic E-state index is -0.421. The van der Waals surface area contributed by atoms with Gasteiger partial charge < -0.3 is 14.8 Å². The third-order valence-electron chi connectivity index (χ3n) is 3.03. The van der Waals surface area contributed by atoms with Crippen molar-refractivity contribution in [3.63, 3.8) is 0 Å². The van der Waals surface area contributed by atoms with Crippen LogP contribution in [0.5, 0.6) is 11.5 Å². The number of ether oxygens (including phenoxy) is 2. The van der Waals surface area contributed by atoms with E-state index in [1.165, 1.54) is 11.8 Å². The molecule has 0 aliphatic carbocycles. The summed E-state index contributed by atoms with van der Waals surface area (Å²) < 4.78 is 11.0. The summed E-state index contributed by atoms with van der Waals surface area (Å²) in [6, 6.07) is 5.14. The molecule has 0 bridgehead atoms. The Bertz CT molecular complexity index is 636. The molecule has 1 aromatic rings. The van der Waals surface area contributed by atoms with E-state index in [9.17, 15) is 14.4 Å². The number of hydrazine groups is 1. The molecule has 0 saturated heterocycles. The second-order valence-corrected chi connectivity index (χ2v) is 5.48. The van der Waals surface area contributed by atoms with Crippen LogP contribution in [0, 0.1) is 0 Å². The molecule has 0 heterocycles. The summed E-state index contributed by atoms with van der Waals surface area (Å²) in [6.07, 6.45) is 0. The fourth-order valence-electron chi connectivity index (χ4n) is 2.07. The summed E-state index contributed by atoms with van der Waals surface area (Å²) in [5, 5.41) is 2.75. The lowest BCUT2D eigenvalue weighted by Gasteiger charge is -2.17. The van der Waals surface area contributed by atoms with E-state index in [0.29, 0.717) is 30.4 Å². The first-order valence-electron chi connectivity index (χ1n) is 8.29. The van der Waals surface area contributed by atoms with Gasteiger partial charge in [0.15, 0.2) is 11.5 Å². The van der Waals surface area contributed by atoms with Gasteiger partial charge in [0, 0.05) is 18.7 Å².